The summed E-state index contributed by atoms with van der Waals surface area (Å²) >= 11 is 0. The van der Waals surface area contributed by atoms with Gasteiger partial charge in [0.05, 0.1) is 0 Å². The molecule has 1 aliphatic rings. The van der Waals surface area contributed by atoms with Crippen LogP contribution in [0, 0.1) is 0 Å². The third-order valence-corrected chi connectivity index (χ3v) is 2.13. The smallest absolute Gasteiger partial charge is 0.231 e. The fraction of sp³-hybridized carbons (Fsp3) is 0.125. The molecule has 0 fully saturated rings. The molecule has 0 unspecified atom stereocenters. The standard InChI is InChI=1S/C8H7N5O2/c9-5-2-7-6(14-3-15-7)1-4(5)8-10-12-13-11-8/h1-2H,3,9H2,(H,10,11,12,13). The lowest BCUT2D eigenvalue weighted by molar-refractivity contribution is 0.174. The Morgan fingerprint density at radius 1 is 1.27 bits per heavy atom. The van der Waals surface area contributed by atoms with Crippen LogP contribution in [0.15, 0.2) is 12.1 Å². The fourth-order valence-corrected chi connectivity index (χ4v) is 1.43. The topological polar surface area (TPSA) is 98.9 Å². The Kier molecular flexibility index (Phi) is 1.52. The first-order valence-electron chi connectivity index (χ1n) is 4.27. The van der Waals surface area contributed by atoms with Crippen LogP contribution in [0.25, 0.3) is 11.4 Å². The molecule has 0 atom stereocenters. The largest absolute Gasteiger partial charge is 0.454 e. The van der Waals surface area contributed by atoms with E-state index in [-0.39, 0.29) is 6.79 Å². The van der Waals surface area contributed by atoms with Crippen LogP contribution in [-0.4, -0.2) is 27.4 Å². The van der Waals surface area contributed by atoms with Gasteiger partial charge in [-0.2, -0.15) is 5.21 Å². The number of nitrogens with two attached hydrogens (primary N) is 1. The summed E-state index contributed by atoms with van der Waals surface area (Å²) in [5, 5.41) is 13.5. The van der Waals surface area contributed by atoms with Crippen LogP contribution in [0.3, 0.4) is 0 Å². The Balaban J connectivity index is 2.17. The Morgan fingerprint density at radius 3 is 2.80 bits per heavy atom. The van der Waals surface area contributed by atoms with Crippen molar-refractivity contribution in [3.63, 3.8) is 0 Å². The number of fused-ring (bicyclic) bond motifs is 1. The molecule has 7 nitrogen and oxygen atoms in total. The molecule has 7 heteroatoms. The molecule has 3 rings (SSSR count). The molecule has 2 aromatic rings. The maximum atomic E-state index is 5.83. The van der Waals surface area contributed by atoms with Crippen LogP contribution >= 0.6 is 0 Å². The number of nitrogen functional groups attached to an aromatic ring is 1. The zero-order valence-corrected chi connectivity index (χ0v) is 7.60. The van der Waals surface area contributed by atoms with Gasteiger partial charge in [-0.25, -0.2) is 0 Å². The third kappa shape index (κ3) is 1.17. The van der Waals surface area contributed by atoms with Crippen molar-refractivity contribution in [1.82, 2.24) is 20.6 Å². The van der Waals surface area contributed by atoms with Gasteiger partial charge in [-0.05, 0) is 11.3 Å². The number of aromatic nitrogens is 4. The second-order valence-corrected chi connectivity index (χ2v) is 3.03. The first-order chi connectivity index (χ1) is 7.34. The highest BCUT2D eigenvalue weighted by molar-refractivity contribution is 5.75. The molecule has 0 bridgehead atoms. The SMILES string of the molecule is Nc1cc2c(cc1-c1nn[nH]n1)OCO2. The van der Waals surface area contributed by atoms with E-state index in [0.717, 1.165) is 0 Å². The molecule has 0 spiro atoms. The Bertz CT molecular complexity index is 496. The number of benzene rings is 1. The van der Waals surface area contributed by atoms with Gasteiger partial charge in [-0.15, -0.1) is 10.2 Å². The molecule has 1 aromatic carbocycles. The van der Waals surface area contributed by atoms with Gasteiger partial charge in [-0.1, -0.05) is 0 Å². The molecule has 1 aromatic heterocycles. The van der Waals surface area contributed by atoms with Crippen molar-refractivity contribution < 1.29 is 9.47 Å². The number of hydrogen-bond acceptors (Lipinski definition) is 6. The van der Waals surface area contributed by atoms with Crippen LogP contribution in [0.2, 0.25) is 0 Å². The maximum absolute atomic E-state index is 5.83. The number of nitrogens with one attached hydrogen (secondary N) is 1. The van der Waals surface area contributed by atoms with E-state index in [2.05, 4.69) is 20.6 Å². The zero-order valence-electron chi connectivity index (χ0n) is 7.60. The minimum atomic E-state index is 0.213. The van der Waals surface area contributed by atoms with Gasteiger partial charge >= 0.3 is 0 Å². The lowest BCUT2D eigenvalue weighted by Gasteiger charge is -2.02. The minimum absolute atomic E-state index is 0.213. The summed E-state index contributed by atoms with van der Waals surface area (Å²) < 4.78 is 10.4. The molecular formula is C8H7N5O2. The van der Waals surface area contributed by atoms with Crippen LogP contribution in [-0.2, 0) is 0 Å². The van der Waals surface area contributed by atoms with Crippen molar-refractivity contribution in [2.45, 2.75) is 0 Å². The number of tetrazole rings is 1. The highest BCUT2D eigenvalue weighted by Crippen LogP contribution is 2.38. The van der Waals surface area contributed by atoms with Gasteiger partial charge in [0.2, 0.25) is 12.6 Å². The summed E-state index contributed by atoms with van der Waals surface area (Å²) in [4.78, 5) is 0. The summed E-state index contributed by atoms with van der Waals surface area (Å²) in [7, 11) is 0. The lowest BCUT2D eigenvalue weighted by Crippen LogP contribution is -1.92. The van der Waals surface area contributed by atoms with E-state index in [0.29, 0.717) is 28.6 Å². The van der Waals surface area contributed by atoms with Gasteiger partial charge in [0, 0.05) is 17.3 Å². The molecule has 0 radical (unpaired) electrons. The monoisotopic (exact) mass is 205 g/mol. The maximum Gasteiger partial charge on any atom is 0.231 e. The van der Waals surface area contributed by atoms with Crippen molar-refractivity contribution in [3.8, 4) is 22.9 Å². The van der Waals surface area contributed by atoms with Crippen LogP contribution in [0.5, 0.6) is 11.5 Å². The number of anilines is 1. The van der Waals surface area contributed by atoms with Crippen molar-refractivity contribution >= 4 is 5.69 Å². The van der Waals surface area contributed by atoms with Crippen LogP contribution < -0.4 is 15.2 Å². The number of ether oxygens (including phenoxy) is 2. The minimum Gasteiger partial charge on any atom is -0.454 e. The number of rotatable bonds is 1. The molecule has 0 saturated heterocycles. The van der Waals surface area contributed by atoms with E-state index < -0.39 is 0 Å². The van der Waals surface area contributed by atoms with Crippen molar-refractivity contribution in [2.75, 3.05) is 12.5 Å². The molecule has 76 valence electrons. The van der Waals surface area contributed by atoms with Gasteiger partial charge in [0.25, 0.3) is 0 Å². The fourth-order valence-electron chi connectivity index (χ4n) is 1.43. The lowest BCUT2D eigenvalue weighted by atomic mass is 10.1. The molecule has 0 aliphatic carbocycles. The average molecular weight is 205 g/mol. The third-order valence-electron chi connectivity index (χ3n) is 2.13. The molecule has 15 heavy (non-hydrogen) atoms. The molecule has 3 N–H and O–H groups in total. The van der Waals surface area contributed by atoms with E-state index in [1.165, 1.54) is 0 Å². The summed E-state index contributed by atoms with van der Waals surface area (Å²) in [5.74, 6) is 1.72. The zero-order chi connectivity index (χ0) is 10.3. The van der Waals surface area contributed by atoms with Crippen LogP contribution in [0.4, 0.5) is 5.69 Å². The quantitative estimate of drug-likeness (QED) is 0.644. The second-order valence-electron chi connectivity index (χ2n) is 3.03. The summed E-state index contributed by atoms with van der Waals surface area (Å²) in [5.41, 5.74) is 7.03. The molecule has 0 saturated carbocycles. The predicted molar refractivity (Wildman–Crippen MR) is 50.1 cm³/mol. The predicted octanol–water partition coefficient (Wildman–Crippen LogP) is 0.178. The molecule has 1 aliphatic heterocycles. The number of nitrogens with zero attached hydrogens (tertiary/aromatic N) is 3. The van der Waals surface area contributed by atoms with E-state index in [1.54, 1.807) is 12.1 Å². The Morgan fingerprint density at radius 2 is 2.07 bits per heavy atom. The van der Waals surface area contributed by atoms with Gasteiger partial charge in [0.15, 0.2) is 11.5 Å². The first-order valence-corrected chi connectivity index (χ1v) is 4.27. The number of H-pyrrole nitrogens is 1. The van der Waals surface area contributed by atoms with Gasteiger partial charge in [0.1, 0.15) is 0 Å². The normalized spacial score (nSPS) is 13.1. The van der Waals surface area contributed by atoms with Crippen molar-refractivity contribution in [1.29, 1.82) is 0 Å². The summed E-state index contributed by atoms with van der Waals surface area (Å²) in [6.07, 6.45) is 0. The van der Waals surface area contributed by atoms with E-state index in [1.807, 2.05) is 0 Å². The van der Waals surface area contributed by atoms with E-state index >= 15 is 0 Å². The molecule has 2 heterocycles. The highest BCUT2D eigenvalue weighted by atomic mass is 16.7. The molecular weight excluding hydrogens is 198 g/mol. The van der Waals surface area contributed by atoms with Crippen LogP contribution in [0.1, 0.15) is 0 Å². The van der Waals surface area contributed by atoms with Crippen molar-refractivity contribution in [2.24, 2.45) is 0 Å². The highest BCUT2D eigenvalue weighted by Gasteiger charge is 2.18. The van der Waals surface area contributed by atoms with E-state index in [4.69, 9.17) is 15.2 Å². The molecule has 0 amide bonds. The number of hydrogen-bond donors (Lipinski definition) is 2. The summed E-state index contributed by atoms with van der Waals surface area (Å²) in [6.45, 7) is 0.213. The summed E-state index contributed by atoms with van der Waals surface area (Å²) in [6, 6.07) is 3.43. The Labute approximate surface area is 84.2 Å². The first kappa shape index (κ1) is 8.04. The average Bonchev–Trinajstić information content (AvgIpc) is 2.85. The Hall–Kier alpha value is -2.31. The number of aromatic amines is 1. The second kappa shape index (κ2) is 2.84. The van der Waals surface area contributed by atoms with Gasteiger partial charge < -0.3 is 15.2 Å². The van der Waals surface area contributed by atoms with Crippen molar-refractivity contribution in [3.05, 3.63) is 12.1 Å². The van der Waals surface area contributed by atoms with Gasteiger partial charge in [-0.3, -0.25) is 0 Å². The van der Waals surface area contributed by atoms with E-state index in [9.17, 15) is 0 Å².